The molecule has 102 valence electrons. The molecule has 20 heavy (non-hydrogen) atoms. The molecule has 0 unspecified atom stereocenters. The fraction of sp³-hybridized carbons (Fsp3) is 0.0667. The quantitative estimate of drug-likeness (QED) is 0.776. The predicted octanol–water partition coefficient (Wildman–Crippen LogP) is 1.34. The van der Waals surface area contributed by atoms with Crippen LogP contribution in [0.1, 0.15) is 5.56 Å². The average molecular weight is 305 g/mol. The Bertz CT molecular complexity index is 739. The topological polar surface area (TPSA) is 37.8 Å². The Morgan fingerprint density at radius 2 is 1.80 bits per heavy atom. The van der Waals surface area contributed by atoms with Crippen molar-refractivity contribution in [2.45, 2.75) is 6.92 Å². The van der Waals surface area contributed by atoms with Gasteiger partial charge in [-0.2, -0.15) is 0 Å². The van der Waals surface area contributed by atoms with Crippen molar-refractivity contribution in [3.05, 3.63) is 59.4 Å². The summed E-state index contributed by atoms with van der Waals surface area (Å²) >= 11 is 6.13. The number of fused-ring (bicyclic) bond motifs is 1. The number of para-hydroxylation sites is 1. The zero-order chi connectivity index (χ0) is 13.2. The minimum Gasteiger partial charge on any atom is -1.00 e. The van der Waals surface area contributed by atoms with Crippen LogP contribution in [0.2, 0.25) is 5.02 Å². The van der Waals surface area contributed by atoms with Crippen molar-refractivity contribution in [2.75, 3.05) is 5.32 Å². The van der Waals surface area contributed by atoms with Gasteiger partial charge in [0.25, 0.3) is 0 Å². The SMILES string of the molecule is Cc1c(Cl)cccc1Nc1ncnc2ccccc12.[Cl-]. The summed E-state index contributed by atoms with van der Waals surface area (Å²) in [7, 11) is 0. The van der Waals surface area contributed by atoms with Gasteiger partial charge in [0.1, 0.15) is 12.1 Å². The fourth-order valence-electron chi connectivity index (χ4n) is 1.97. The fourth-order valence-corrected chi connectivity index (χ4v) is 2.15. The number of nitrogens with one attached hydrogen (secondary N) is 1. The van der Waals surface area contributed by atoms with E-state index < -0.39 is 0 Å². The van der Waals surface area contributed by atoms with E-state index in [0.717, 1.165) is 33.0 Å². The molecule has 3 aromatic rings. The van der Waals surface area contributed by atoms with Crippen molar-refractivity contribution in [3.8, 4) is 0 Å². The zero-order valence-corrected chi connectivity index (χ0v) is 12.3. The molecule has 0 saturated carbocycles. The lowest BCUT2D eigenvalue weighted by Crippen LogP contribution is -3.00. The molecule has 0 bridgehead atoms. The van der Waals surface area contributed by atoms with Gasteiger partial charge in [-0.1, -0.05) is 29.8 Å². The standard InChI is InChI=1S/C15H12ClN3.ClH/c1-10-12(16)6-4-8-13(10)19-15-11-5-2-3-7-14(11)17-9-18-15;/h2-9H,1H3,(H,17,18,19);1H/p-1. The maximum atomic E-state index is 6.13. The van der Waals surface area contributed by atoms with Crippen molar-refractivity contribution >= 4 is 34.0 Å². The van der Waals surface area contributed by atoms with Gasteiger partial charge in [-0.15, -0.1) is 0 Å². The molecule has 0 atom stereocenters. The third-order valence-corrected chi connectivity index (χ3v) is 3.47. The molecular formula is C15H12Cl2N3-. The number of nitrogens with zero attached hydrogens (tertiary/aromatic N) is 2. The molecule has 0 spiro atoms. The summed E-state index contributed by atoms with van der Waals surface area (Å²) in [5.74, 6) is 0.788. The number of aromatic nitrogens is 2. The van der Waals surface area contributed by atoms with Gasteiger partial charge in [0.05, 0.1) is 5.52 Å². The van der Waals surface area contributed by atoms with Crippen LogP contribution in [0.25, 0.3) is 10.9 Å². The third kappa shape index (κ3) is 2.69. The summed E-state index contributed by atoms with van der Waals surface area (Å²) in [5.41, 5.74) is 2.88. The van der Waals surface area contributed by atoms with Crippen LogP contribution >= 0.6 is 11.6 Å². The van der Waals surface area contributed by atoms with Crippen LogP contribution in [0, 0.1) is 6.92 Å². The first-order valence-electron chi connectivity index (χ1n) is 5.97. The lowest BCUT2D eigenvalue weighted by Gasteiger charge is -2.11. The second-order valence-corrected chi connectivity index (χ2v) is 4.68. The van der Waals surface area contributed by atoms with Gasteiger partial charge in [0.15, 0.2) is 0 Å². The molecule has 0 saturated heterocycles. The number of benzene rings is 2. The molecule has 0 radical (unpaired) electrons. The zero-order valence-electron chi connectivity index (χ0n) is 10.8. The number of hydrogen-bond donors (Lipinski definition) is 1. The Labute approximate surface area is 128 Å². The highest BCUT2D eigenvalue weighted by molar-refractivity contribution is 6.31. The Kier molecular flexibility index (Phi) is 4.42. The van der Waals surface area contributed by atoms with Crippen molar-refractivity contribution in [2.24, 2.45) is 0 Å². The van der Waals surface area contributed by atoms with Crippen LogP contribution in [0.15, 0.2) is 48.8 Å². The van der Waals surface area contributed by atoms with Gasteiger partial charge in [-0.3, -0.25) is 0 Å². The van der Waals surface area contributed by atoms with Crippen LogP contribution in [0.3, 0.4) is 0 Å². The third-order valence-electron chi connectivity index (χ3n) is 3.06. The molecule has 0 aliphatic rings. The highest BCUT2D eigenvalue weighted by Gasteiger charge is 2.06. The second-order valence-electron chi connectivity index (χ2n) is 4.28. The van der Waals surface area contributed by atoms with E-state index in [1.807, 2.05) is 49.4 Å². The molecule has 0 fully saturated rings. The Morgan fingerprint density at radius 1 is 1.00 bits per heavy atom. The van der Waals surface area contributed by atoms with E-state index in [-0.39, 0.29) is 12.4 Å². The van der Waals surface area contributed by atoms with Crippen LogP contribution in [0.4, 0.5) is 11.5 Å². The van der Waals surface area contributed by atoms with E-state index in [1.54, 1.807) is 6.33 Å². The molecule has 5 heteroatoms. The van der Waals surface area contributed by atoms with E-state index in [0.29, 0.717) is 0 Å². The molecule has 0 amide bonds. The monoisotopic (exact) mass is 304 g/mol. The molecule has 2 aromatic carbocycles. The van der Waals surface area contributed by atoms with Gasteiger partial charge in [-0.25, -0.2) is 9.97 Å². The van der Waals surface area contributed by atoms with Gasteiger partial charge < -0.3 is 17.7 Å². The number of halogens is 2. The van der Waals surface area contributed by atoms with E-state index in [4.69, 9.17) is 11.6 Å². The summed E-state index contributed by atoms with van der Waals surface area (Å²) < 4.78 is 0. The van der Waals surface area contributed by atoms with Crippen LogP contribution < -0.4 is 17.7 Å². The van der Waals surface area contributed by atoms with Crippen LogP contribution in [-0.2, 0) is 0 Å². The van der Waals surface area contributed by atoms with Crippen molar-refractivity contribution in [3.63, 3.8) is 0 Å². The smallest absolute Gasteiger partial charge is 0.141 e. The molecule has 3 rings (SSSR count). The summed E-state index contributed by atoms with van der Waals surface area (Å²) in [6, 6.07) is 13.7. The Hall–Kier alpha value is -1.84. The van der Waals surface area contributed by atoms with Gasteiger partial charge in [-0.05, 0) is 36.8 Å². The van der Waals surface area contributed by atoms with Crippen molar-refractivity contribution < 1.29 is 12.4 Å². The van der Waals surface area contributed by atoms with Gasteiger partial charge in [0, 0.05) is 16.1 Å². The molecule has 1 aromatic heterocycles. The number of anilines is 2. The molecule has 1 heterocycles. The minimum absolute atomic E-state index is 0. The maximum Gasteiger partial charge on any atom is 0.141 e. The predicted molar refractivity (Wildman–Crippen MR) is 79.0 cm³/mol. The van der Waals surface area contributed by atoms with Crippen molar-refractivity contribution in [1.82, 2.24) is 9.97 Å². The number of rotatable bonds is 2. The molecule has 1 N–H and O–H groups in total. The highest BCUT2D eigenvalue weighted by atomic mass is 35.5. The van der Waals surface area contributed by atoms with E-state index in [2.05, 4.69) is 15.3 Å². The molecule has 0 aliphatic heterocycles. The van der Waals surface area contributed by atoms with E-state index in [1.165, 1.54) is 0 Å². The number of hydrogen-bond acceptors (Lipinski definition) is 3. The Balaban J connectivity index is 0.00000147. The normalized spacial score (nSPS) is 10.1. The van der Waals surface area contributed by atoms with Gasteiger partial charge >= 0.3 is 0 Å². The van der Waals surface area contributed by atoms with Gasteiger partial charge in [0.2, 0.25) is 0 Å². The maximum absolute atomic E-state index is 6.13. The Morgan fingerprint density at radius 3 is 2.65 bits per heavy atom. The lowest BCUT2D eigenvalue weighted by atomic mass is 10.2. The summed E-state index contributed by atoms with van der Waals surface area (Å²) in [4.78, 5) is 8.55. The molecule has 0 aliphatic carbocycles. The first-order valence-corrected chi connectivity index (χ1v) is 6.35. The van der Waals surface area contributed by atoms with Crippen LogP contribution in [0.5, 0.6) is 0 Å². The summed E-state index contributed by atoms with van der Waals surface area (Å²) in [5, 5.41) is 5.05. The second kappa shape index (κ2) is 6.07. The van der Waals surface area contributed by atoms with E-state index in [9.17, 15) is 0 Å². The minimum atomic E-state index is 0. The van der Waals surface area contributed by atoms with Crippen LogP contribution in [-0.4, -0.2) is 9.97 Å². The average Bonchev–Trinajstić information content (AvgIpc) is 2.44. The molecular weight excluding hydrogens is 293 g/mol. The summed E-state index contributed by atoms with van der Waals surface area (Å²) in [6.07, 6.45) is 1.56. The van der Waals surface area contributed by atoms with E-state index >= 15 is 0 Å². The summed E-state index contributed by atoms with van der Waals surface area (Å²) in [6.45, 7) is 1.98. The first-order chi connectivity index (χ1) is 9.25. The van der Waals surface area contributed by atoms with Crippen molar-refractivity contribution in [1.29, 1.82) is 0 Å². The highest BCUT2D eigenvalue weighted by Crippen LogP contribution is 2.28. The molecule has 3 nitrogen and oxygen atoms in total. The largest absolute Gasteiger partial charge is 1.00 e. The lowest BCUT2D eigenvalue weighted by molar-refractivity contribution is -0.00000381. The first kappa shape index (κ1) is 14.6.